The number of piperazine rings is 1. The molecule has 1 N–H and O–H groups in total. The zero-order chi connectivity index (χ0) is 26.9. The maximum absolute atomic E-state index is 13.9. The molecule has 39 heavy (non-hydrogen) atoms. The fraction of sp³-hybridized carbons (Fsp3) is 0.429. The van der Waals surface area contributed by atoms with Crippen LogP contribution in [0.2, 0.25) is 0 Å². The van der Waals surface area contributed by atoms with Gasteiger partial charge in [0.25, 0.3) is 5.91 Å². The Kier molecular flexibility index (Phi) is 8.88. The van der Waals surface area contributed by atoms with Gasteiger partial charge in [-0.2, -0.15) is 13.2 Å². The Morgan fingerprint density at radius 2 is 1.67 bits per heavy atom. The number of fused-ring (bicyclic) bond motifs is 1. The Morgan fingerprint density at radius 1 is 0.974 bits per heavy atom. The molecule has 2 aliphatic heterocycles. The van der Waals surface area contributed by atoms with Gasteiger partial charge in [0.2, 0.25) is 5.91 Å². The van der Waals surface area contributed by atoms with Gasteiger partial charge < -0.3 is 14.8 Å². The van der Waals surface area contributed by atoms with Crippen LogP contribution in [0.15, 0.2) is 54.7 Å². The lowest BCUT2D eigenvalue weighted by atomic mass is 10.0. The number of nitrogens with zero attached hydrogens (tertiary/aromatic N) is 4. The largest absolute Gasteiger partial charge is 0.418 e. The molecular formula is C28H33ClF3N5O2. The summed E-state index contributed by atoms with van der Waals surface area (Å²) in [4.78, 5) is 37.4. The lowest BCUT2D eigenvalue weighted by Gasteiger charge is -2.42. The first kappa shape index (κ1) is 28.9. The summed E-state index contributed by atoms with van der Waals surface area (Å²) in [5, 5.41) is 0.877. The second-order valence-corrected chi connectivity index (χ2v) is 10.1. The van der Waals surface area contributed by atoms with Crippen molar-refractivity contribution in [1.82, 2.24) is 19.7 Å². The van der Waals surface area contributed by atoms with Crippen molar-refractivity contribution in [3.63, 3.8) is 0 Å². The third-order valence-corrected chi connectivity index (χ3v) is 7.71. The zero-order valence-corrected chi connectivity index (χ0v) is 22.6. The fourth-order valence-electron chi connectivity index (χ4n) is 5.48. The number of benzene rings is 2. The van der Waals surface area contributed by atoms with Crippen LogP contribution in [0.1, 0.15) is 28.8 Å². The molecule has 0 bridgehead atoms. The van der Waals surface area contributed by atoms with Crippen LogP contribution in [0.4, 0.5) is 18.9 Å². The molecule has 210 valence electrons. The van der Waals surface area contributed by atoms with Crippen LogP contribution in [0.5, 0.6) is 0 Å². The van der Waals surface area contributed by atoms with Crippen molar-refractivity contribution in [2.45, 2.75) is 25.1 Å². The highest BCUT2D eigenvalue weighted by Gasteiger charge is 2.37. The van der Waals surface area contributed by atoms with Gasteiger partial charge in [-0.1, -0.05) is 18.2 Å². The molecule has 7 nitrogen and oxygen atoms in total. The van der Waals surface area contributed by atoms with Crippen LogP contribution in [-0.2, 0) is 11.0 Å². The van der Waals surface area contributed by atoms with Gasteiger partial charge >= 0.3 is 6.18 Å². The molecule has 11 heteroatoms. The van der Waals surface area contributed by atoms with E-state index in [9.17, 15) is 22.8 Å². The van der Waals surface area contributed by atoms with Gasteiger partial charge in [0.15, 0.2) is 0 Å². The number of carbonyl (C=O) groups excluding carboxylic acids is 2. The van der Waals surface area contributed by atoms with Crippen molar-refractivity contribution in [3.8, 4) is 0 Å². The van der Waals surface area contributed by atoms with Gasteiger partial charge in [-0.3, -0.25) is 19.4 Å². The Bertz CT molecular complexity index is 1300. The highest BCUT2D eigenvalue weighted by atomic mass is 35.5. The van der Waals surface area contributed by atoms with E-state index in [4.69, 9.17) is 0 Å². The first-order valence-electron chi connectivity index (χ1n) is 13.0. The molecule has 2 aromatic carbocycles. The number of halogens is 4. The average molecular weight is 564 g/mol. The summed E-state index contributed by atoms with van der Waals surface area (Å²) in [6.07, 6.45) is -0.774. The van der Waals surface area contributed by atoms with Crippen molar-refractivity contribution in [2.24, 2.45) is 0 Å². The van der Waals surface area contributed by atoms with Crippen molar-refractivity contribution < 1.29 is 22.8 Å². The number of carbonyl (C=O) groups is 2. The van der Waals surface area contributed by atoms with Crippen LogP contribution < -0.4 is 4.90 Å². The summed E-state index contributed by atoms with van der Waals surface area (Å²) in [5.74, 6) is -1.02. The van der Waals surface area contributed by atoms with Gasteiger partial charge in [-0.05, 0) is 68.7 Å². The van der Waals surface area contributed by atoms with E-state index in [1.54, 1.807) is 29.3 Å². The third kappa shape index (κ3) is 6.40. The predicted molar refractivity (Wildman–Crippen MR) is 147 cm³/mol. The van der Waals surface area contributed by atoms with E-state index in [1.165, 1.54) is 18.2 Å². The molecule has 2 amide bonds. The maximum Gasteiger partial charge on any atom is 0.418 e. The average Bonchev–Trinajstić information content (AvgIpc) is 3.39. The van der Waals surface area contributed by atoms with E-state index in [0.717, 1.165) is 55.4 Å². The van der Waals surface area contributed by atoms with Crippen LogP contribution in [0.25, 0.3) is 10.9 Å². The molecule has 0 radical (unpaired) electrons. The van der Waals surface area contributed by atoms with Crippen LogP contribution in [0.3, 0.4) is 0 Å². The predicted octanol–water partition coefficient (Wildman–Crippen LogP) is 4.49. The molecule has 5 rings (SSSR count). The normalized spacial score (nSPS) is 17.7. The summed E-state index contributed by atoms with van der Waals surface area (Å²) in [5.41, 5.74) is -0.378. The first-order chi connectivity index (χ1) is 18.2. The molecule has 0 atom stereocenters. The zero-order valence-electron chi connectivity index (χ0n) is 21.8. The third-order valence-electron chi connectivity index (χ3n) is 7.71. The number of nitrogens with one attached hydrogen (secondary N) is 1. The molecule has 0 spiro atoms. The number of aromatic amines is 1. The number of likely N-dealkylation sites (tertiary alicyclic amines) is 1. The standard InChI is InChI=1S/C28H32F3N5O2.ClH/c1-33-12-9-22(10-13-33)34-14-16-35(17-15-34)26(37)19-36(25-5-3-2-4-23(25)28(29,30)31)27(38)21-7-6-20-8-11-32-24(20)18-21;/h2-8,11,18,22,32H,9-10,12-17,19H2,1H3;1H. The number of piperidine rings is 1. The lowest BCUT2D eigenvalue weighted by molar-refractivity contribution is -0.137. The van der Waals surface area contributed by atoms with Crippen molar-refractivity contribution in [1.29, 1.82) is 0 Å². The number of H-pyrrole nitrogens is 1. The van der Waals surface area contributed by atoms with E-state index < -0.39 is 24.2 Å². The van der Waals surface area contributed by atoms with Crippen LogP contribution in [-0.4, -0.2) is 90.4 Å². The highest BCUT2D eigenvalue weighted by Crippen LogP contribution is 2.37. The number of aromatic nitrogens is 1. The number of hydrogen-bond donors (Lipinski definition) is 1. The first-order valence-corrected chi connectivity index (χ1v) is 13.0. The Labute approximate surface area is 231 Å². The Hall–Kier alpha value is -3.08. The minimum absolute atomic E-state index is 0. The van der Waals surface area contributed by atoms with Crippen LogP contribution >= 0.6 is 12.4 Å². The molecular weight excluding hydrogens is 531 g/mol. The number of rotatable bonds is 5. The molecule has 3 aromatic rings. The van der Waals surface area contributed by atoms with Gasteiger partial charge in [0.05, 0.1) is 11.3 Å². The summed E-state index contributed by atoms with van der Waals surface area (Å²) >= 11 is 0. The van der Waals surface area contributed by atoms with Crippen molar-refractivity contribution >= 4 is 40.8 Å². The summed E-state index contributed by atoms with van der Waals surface area (Å²) in [6.45, 7) is 4.04. The monoisotopic (exact) mass is 563 g/mol. The lowest BCUT2D eigenvalue weighted by Crippen LogP contribution is -2.55. The van der Waals surface area contributed by atoms with E-state index in [2.05, 4.69) is 21.8 Å². The quantitative estimate of drug-likeness (QED) is 0.497. The molecule has 3 heterocycles. The highest BCUT2D eigenvalue weighted by molar-refractivity contribution is 6.10. The number of hydrogen-bond acceptors (Lipinski definition) is 4. The van der Waals surface area contributed by atoms with Gasteiger partial charge in [-0.25, -0.2) is 0 Å². The van der Waals surface area contributed by atoms with E-state index >= 15 is 0 Å². The second kappa shape index (κ2) is 12.0. The van der Waals surface area contributed by atoms with Gasteiger partial charge in [0, 0.05) is 49.5 Å². The van der Waals surface area contributed by atoms with Crippen LogP contribution in [0, 0.1) is 0 Å². The van der Waals surface area contributed by atoms with Gasteiger partial charge in [-0.15, -0.1) is 12.4 Å². The Morgan fingerprint density at radius 3 is 2.36 bits per heavy atom. The van der Waals surface area contributed by atoms with Crippen molar-refractivity contribution in [2.75, 3.05) is 57.8 Å². The summed E-state index contributed by atoms with van der Waals surface area (Å²) in [7, 11) is 2.12. The topological polar surface area (TPSA) is 62.9 Å². The van der Waals surface area contributed by atoms with E-state index in [-0.39, 0.29) is 29.6 Å². The Balaban J connectivity index is 0.00000353. The minimum atomic E-state index is -4.68. The van der Waals surface area contributed by atoms with E-state index in [1.807, 2.05) is 6.07 Å². The van der Waals surface area contributed by atoms with E-state index in [0.29, 0.717) is 24.6 Å². The molecule has 2 saturated heterocycles. The molecule has 0 saturated carbocycles. The number of para-hydroxylation sites is 1. The minimum Gasteiger partial charge on any atom is -0.361 e. The smallest absolute Gasteiger partial charge is 0.361 e. The molecule has 2 aliphatic rings. The fourth-order valence-corrected chi connectivity index (χ4v) is 5.48. The summed E-state index contributed by atoms with van der Waals surface area (Å²) in [6, 6.07) is 12.2. The number of anilines is 1. The second-order valence-electron chi connectivity index (χ2n) is 10.1. The maximum atomic E-state index is 13.9. The van der Waals surface area contributed by atoms with Gasteiger partial charge in [0.1, 0.15) is 6.54 Å². The number of amides is 2. The SMILES string of the molecule is CN1CCC(N2CCN(C(=O)CN(C(=O)c3ccc4cc[nH]c4c3)c3ccccc3C(F)(F)F)CC2)CC1.Cl. The molecule has 1 aromatic heterocycles. The molecule has 0 aliphatic carbocycles. The summed E-state index contributed by atoms with van der Waals surface area (Å²) < 4.78 is 41.8. The molecule has 2 fully saturated rings. The number of alkyl halides is 3. The van der Waals surface area contributed by atoms with Crippen molar-refractivity contribution in [3.05, 3.63) is 65.9 Å². The molecule has 0 unspecified atom stereocenters.